The predicted octanol–water partition coefficient (Wildman–Crippen LogP) is 2.00. The number of nitrogens with zero attached hydrogens (tertiary/aromatic N) is 1. The molecular formula is C14H22N2O2. The summed E-state index contributed by atoms with van der Waals surface area (Å²) in [5.41, 5.74) is 1.59. The van der Waals surface area contributed by atoms with Gasteiger partial charge < -0.3 is 14.8 Å². The van der Waals surface area contributed by atoms with Gasteiger partial charge in [-0.1, -0.05) is 6.07 Å². The first-order chi connectivity index (χ1) is 8.79. The zero-order valence-electron chi connectivity index (χ0n) is 11.2. The average molecular weight is 250 g/mol. The van der Waals surface area contributed by atoms with Gasteiger partial charge in [0.1, 0.15) is 0 Å². The van der Waals surface area contributed by atoms with Crippen molar-refractivity contribution in [3.63, 3.8) is 0 Å². The number of hydrogen-bond acceptors (Lipinski definition) is 4. The second kappa shape index (κ2) is 6.16. The minimum atomic E-state index is 0.478. The van der Waals surface area contributed by atoms with Crippen LogP contribution in [-0.4, -0.2) is 32.4 Å². The summed E-state index contributed by atoms with van der Waals surface area (Å²) < 4.78 is 10.4. The minimum absolute atomic E-state index is 0.478. The number of rotatable bonds is 8. The second-order valence-electron chi connectivity index (χ2n) is 5.02. The zero-order valence-corrected chi connectivity index (χ0v) is 11.2. The molecule has 0 bridgehead atoms. The maximum absolute atomic E-state index is 5.24. The number of methoxy groups -OCH3 is 2. The van der Waals surface area contributed by atoms with Gasteiger partial charge >= 0.3 is 0 Å². The molecule has 1 fully saturated rings. The summed E-state index contributed by atoms with van der Waals surface area (Å²) in [6, 6.07) is 3.99. The topological polar surface area (TPSA) is 43.4 Å². The highest BCUT2D eigenvalue weighted by Crippen LogP contribution is 2.48. The van der Waals surface area contributed by atoms with Crippen molar-refractivity contribution in [2.45, 2.75) is 25.8 Å². The molecule has 1 N–H and O–H groups in total. The molecule has 1 saturated carbocycles. The van der Waals surface area contributed by atoms with E-state index < -0.39 is 0 Å². The van der Waals surface area contributed by atoms with Crippen LogP contribution in [0.15, 0.2) is 18.3 Å². The van der Waals surface area contributed by atoms with Crippen molar-refractivity contribution in [1.29, 1.82) is 0 Å². The van der Waals surface area contributed by atoms with Crippen LogP contribution in [-0.2, 0) is 11.3 Å². The molecule has 0 amide bonds. The van der Waals surface area contributed by atoms with E-state index in [0.29, 0.717) is 11.3 Å². The quantitative estimate of drug-likeness (QED) is 0.766. The number of nitrogens with one attached hydrogen (secondary N) is 1. The van der Waals surface area contributed by atoms with Crippen LogP contribution in [0.25, 0.3) is 0 Å². The van der Waals surface area contributed by atoms with E-state index in [4.69, 9.17) is 9.47 Å². The summed E-state index contributed by atoms with van der Waals surface area (Å²) in [5.74, 6) is 0.715. The molecule has 1 aliphatic rings. The summed E-state index contributed by atoms with van der Waals surface area (Å²) in [5, 5.41) is 3.51. The van der Waals surface area contributed by atoms with Crippen LogP contribution in [0.2, 0.25) is 0 Å². The van der Waals surface area contributed by atoms with Crippen molar-refractivity contribution >= 4 is 0 Å². The first kappa shape index (κ1) is 13.3. The third-order valence-electron chi connectivity index (χ3n) is 3.65. The molecule has 0 saturated heterocycles. The standard InChI is InChI=1S/C14H22N2O2/c1-17-9-7-14(5-6-14)11-15-10-12-4-3-8-16-13(12)18-2/h3-4,8,15H,5-7,9-11H2,1-2H3. The third-order valence-corrected chi connectivity index (χ3v) is 3.65. The molecule has 0 spiro atoms. The van der Waals surface area contributed by atoms with Gasteiger partial charge in [0.2, 0.25) is 5.88 Å². The fourth-order valence-electron chi connectivity index (χ4n) is 2.22. The maximum atomic E-state index is 5.24. The van der Waals surface area contributed by atoms with E-state index in [1.165, 1.54) is 12.8 Å². The largest absolute Gasteiger partial charge is 0.481 e. The van der Waals surface area contributed by atoms with Crippen molar-refractivity contribution in [2.75, 3.05) is 27.4 Å². The van der Waals surface area contributed by atoms with Gasteiger partial charge in [0.05, 0.1) is 7.11 Å². The number of ether oxygens (including phenoxy) is 2. The highest BCUT2D eigenvalue weighted by molar-refractivity contribution is 5.25. The summed E-state index contributed by atoms with van der Waals surface area (Å²) in [4.78, 5) is 4.20. The Morgan fingerprint density at radius 3 is 2.89 bits per heavy atom. The fraction of sp³-hybridized carbons (Fsp3) is 0.643. The molecule has 0 radical (unpaired) electrons. The molecular weight excluding hydrogens is 228 g/mol. The normalized spacial score (nSPS) is 16.6. The zero-order chi connectivity index (χ0) is 12.8. The molecule has 0 aliphatic heterocycles. The van der Waals surface area contributed by atoms with E-state index in [-0.39, 0.29) is 0 Å². The Labute approximate surface area is 109 Å². The summed E-state index contributed by atoms with van der Waals surface area (Å²) in [6.07, 6.45) is 5.53. The molecule has 18 heavy (non-hydrogen) atoms. The van der Waals surface area contributed by atoms with E-state index in [1.54, 1.807) is 20.4 Å². The average Bonchev–Trinajstić information content (AvgIpc) is 3.17. The summed E-state index contributed by atoms with van der Waals surface area (Å²) in [7, 11) is 3.43. The molecule has 4 nitrogen and oxygen atoms in total. The SMILES string of the molecule is COCCC1(CNCc2cccnc2OC)CC1. The van der Waals surface area contributed by atoms with E-state index >= 15 is 0 Å². The van der Waals surface area contributed by atoms with Gasteiger partial charge in [0.25, 0.3) is 0 Å². The Morgan fingerprint density at radius 1 is 1.39 bits per heavy atom. The molecule has 1 aromatic heterocycles. The molecule has 1 aromatic rings. The summed E-state index contributed by atoms with van der Waals surface area (Å²) >= 11 is 0. The Balaban J connectivity index is 1.78. The van der Waals surface area contributed by atoms with Crippen molar-refractivity contribution in [3.8, 4) is 5.88 Å². The van der Waals surface area contributed by atoms with Gasteiger partial charge in [-0.25, -0.2) is 4.98 Å². The van der Waals surface area contributed by atoms with Crippen LogP contribution >= 0.6 is 0 Å². The van der Waals surface area contributed by atoms with Crippen molar-refractivity contribution in [3.05, 3.63) is 23.9 Å². The molecule has 4 heteroatoms. The molecule has 100 valence electrons. The predicted molar refractivity (Wildman–Crippen MR) is 70.7 cm³/mol. The fourth-order valence-corrected chi connectivity index (χ4v) is 2.22. The smallest absolute Gasteiger partial charge is 0.217 e. The first-order valence-electron chi connectivity index (χ1n) is 6.47. The van der Waals surface area contributed by atoms with Crippen molar-refractivity contribution in [1.82, 2.24) is 10.3 Å². The highest BCUT2D eigenvalue weighted by Gasteiger charge is 2.41. The van der Waals surface area contributed by atoms with Gasteiger partial charge in [0.15, 0.2) is 0 Å². The third kappa shape index (κ3) is 3.43. The van der Waals surface area contributed by atoms with Crippen molar-refractivity contribution in [2.24, 2.45) is 5.41 Å². The number of pyridine rings is 1. The molecule has 2 rings (SSSR count). The van der Waals surface area contributed by atoms with Gasteiger partial charge in [0, 0.05) is 38.6 Å². The first-order valence-corrected chi connectivity index (χ1v) is 6.47. The lowest BCUT2D eigenvalue weighted by atomic mass is 10.0. The molecule has 0 aromatic carbocycles. The van der Waals surface area contributed by atoms with Crippen LogP contribution < -0.4 is 10.1 Å². The minimum Gasteiger partial charge on any atom is -0.481 e. The number of hydrogen-bond donors (Lipinski definition) is 1. The maximum Gasteiger partial charge on any atom is 0.217 e. The molecule has 0 unspecified atom stereocenters. The van der Waals surface area contributed by atoms with Gasteiger partial charge in [-0.15, -0.1) is 0 Å². The van der Waals surface area contributed by atoms with Gasteiger partial charge in [-0.2, -0.15) is 0 Å². The Kier molecular flexibility index (Phi) is 4.55. The van der Waals surface area contributed by atoms with E-state index in [0.717, 1.165) is 31.7 Å². The lowest BCUT2D eigenvalue weighted by molar-refractivity contribution is 0.171. The van der Waals surface area contributed by atoms with Crippen LogP contribution in [0.3, 0.4) is 0 Å². The molecule has 0 atom stereocenters. The Morgan fingerprint density at radius 2 is 2.22 bits per heavy atom. The number of aromatic nitrogens is 1. The summed E-state index contributed by atoms with van der Waals surface area (Å²) in [6.45, 7) is 2.72. The van der Waals surface area contributed by atoms with E-state index in [1.807, 2.05) is 12.1 Å². The molecule has 1 aliphatic carbocycles. The highest BCUT2D eigenvalue weighted by atomic mass is 16.5. The van der Waals surface area contributed by atoms with Crippen LogP contribution in [0.4, 0.5) is 0 Å². The van der Waals surface area contributed by atoms with Gasteiger partial charge in [-0.05, 0) is 30.7 Å². The van der Waals surface area contributed by atoms with Crippen molar-refractivity contribution < 1.29 is 9.47 Å². The van der Waals surface area contributed by atoms with E-state index in [9.17, 15) is 0 Å². The Hall–Kier alpha value is -1.13. The monoisotopic (exact) mass is 250 g/mol. The van der Waals surface area contributed by atoms with Crippen LogP contribution in [0.5, 0.6) is 5.88 Å². The van der Waals surface area contributed by atoms with Crippen LogP contribution in [0.1, 0.15) is 24.8 Å². The molecule has 1 heterocycles. The lowest BCUT2D eigenvalue weighted by Gasteiger charge is -2.16. The Bertz CT molecular complexity index is 378. The lowest BCUT2D eigenvalue weighted by Crippen LogP contribution is -2.24. The second-order valence-corrected chi connectivity index (χ2v) is 5.02. The van der Waals surface area contributed by atoms with Crippen LogP contribution in [0, 0.1) is 5.41 Å². The van der Waals surface area contributed by atoms with E-state index in [2.05, 4.69) is 10.3 Å². The van der Waals surface area contributed by atoms with Gasteiger partial charge in [-0.3, -0.25) is 0 Å².